The highest BCUT2D eigenvalue weighted by molar-refractivity contribution is 7.09. The van der Waals surface area contributed by atoms with Crippen LogP contribution < -0.4 is 9.64 Å². The Morgan fingerprint density at radius 2 is 2.08 bits per heavy atom. The normalized spacial score (nSPS) is 16.4. The van der Waals surface area contributed by atoms with Crippen LogP contribution in [0.2, 0.25) is 0 Å². The van der Waals surface area contributed by atoms with Crippen LogP contribution in [0.4, 0.5) is 5.69 Å². The summed E-state index contributed by atoms with van der Waals surface area (Å²) < 4.78 is 5.24. The molecule has 1 amide bonds. The molecule has 1 aliphatic rings. The summed E-state index contributed by atoms with van der Waals surface area (Å²) >= 11 is 1.55. The van der Waals surface area contributed by atoms with Crippen LogP contribution in [-0.4, -0.2) is 28.2 Å². The largest absolute Gasteiger partial charge is 0.497 e. The third kappa shape index (κ3) is 2.68. The number of benzene rings is 1. The minimum atomic E-state index is -0.203. The molecule has 0 fully saturated rings. The van der Waals surface area contributed by atoms with E-state index in [1.54, 1.807) is 24.0 Å². The predicted molar refractivity (Wildman–Crippen MR) is 101 cm³/mol. The van der Waals surface area contributed by atoms with Gasteiger partial charge >= 0.3 is 0 Å². The number of carbonyl (C=O) groups is 1. The number of rotatable bonds is 5. The Labute approximate surface area is 155 Å². The zero-order valence-electron chi connectivity index (χ0n) is 14.9. The number of nitrogens with one attached hydrogen (secondary N) is 1. The van der Waals surface area contributed by atoms with Crippen LogP contribution in [0.3, 0.4) is 0 Å². The number of thiazole rings is 1. The second-order valence-electron chi connectivity index (χ2n) is 6.74. The molecule has 1 aromatic carbocycles. The Balaban J connectivity index is 1.83. The molecule has 6 nitrogen and oxygen atoms in total. The first-order valence-electron chi connectivity index (χ1n) is 8.53. The van der Waals surface area contributed by atoms with E-state index >= 15 is 0 Å². The molecule has 3 heterocycles. The van der Waals surface area contributed by atoms with E-state index in [-0.39, 0.29) is 11.9 Å². The molecule has 0 spiro atoms. The maximum Gasteiger partial charge on any atom is 0.280 e. The van der Waals surface area contributed by atoms with Gasteiger partial charge < -0.3 is 4.74 Å². The van der Waals surface area contributed by atoms with E-state index in [0.29, 0.717) is 11.6 Å². The van der Waals surface area contributed by atoms with E-state index in [1.165, 1.54) is 0 Å². The van der Waals surface area contributed by atoms with Crippen molar-refractivity contribution < 1.29 is 9.53 Å². The first-order valence-corrected chi connectivity index (χ1v) is 9.41. The molecule has 1 aliphatic heterocycles. The lowest BCUT2D eigenvalue weighted by molar-refractivity contribution is 0.0989. The Morgan fingerprint density at radius 1 is 1.31 bits per heavy atom. The van der Waals surface area contributed by atoms with Gasteiger partial charge in [0.05, 0.1) is 17.5 Å². The van der Waals surface area contributed by atoms with Gasteiger partial charge in [-0.25, -0.2) is 0 Å². The number of hydrogen-bond donors (Lipinski definition) is 1. The second-order valence-corrected chi connectivity index (χ2v) is 7.66. The number of fused-ring (bicyclic) bond motifs is 1. The predicted octanol–water partition coefficient (Wildman–Crippen LogP) is 3.82. The van der Waals surface area contributed by atoms with Gasteiger partial charge in [0.2, 0.25) is 0 Å². The summed E-state index contributed by atoms with van der Waals surface area (Å²) in [6.45, 7) is 4.32. The average Bonchev–Trinajstić information content (AvgIpc) is 3.34. The molecule has 0 aliphatic carbocycles. The highest BCUT2D eigenvalue weighted by Gasteiger charge is 2.43. The molecule has 2 aromatic heterocycles. The van der Waals surface area contributed by atoms with Gasteiger partial charge in [0.25, 0.3) is 5.91 Å². The van der Waals surface area contributed by atoms with Crippen LogP contribution in [0.5, 0.6) is 5.75 Å². The summed E-state index contributed by atoms with van der Waals surface area (Å²) in [6.07, 6.45) is 2.68. The number of amides is 1. The lowest BCUT2D eigenvalue weighted by atomic mass is 9.99. The molecule has 0 saturated carbocycles. The molecular weight excluding hydrogens is 348 g/mol. The number of hydrogen-bond acceptors (Lipinski definition) is 5. The van der Waals surface area contributed by atoms with Crippen LogP contribution in [-0.2, 0) is 6.42 Å². The van der Waals surface area contributed by atoms with Crippen molar-refractivity contribution in [2.75, 3.05) is 12.0 Å². The van der Waals surface area contributed by atoms with Gasteiger partial charge in [-0.15, -0.1) is 11.3 Å². The third-order valence-corrected chi connectivity index (χ3v) is 5.35. The Bertz CT molecular complexity index is 916. The first-order chi connectivity index (χ1) is 12.6. The van der Waals surface area contributed by atoms with Crippen molar-refractivity contribution in [1.29, 1.82) is 0 Å². The van der Waals surface area contributed by atoms with E-state index in [1.807, 2.05) is 35.4 Å². The summed E-state index contributed by atoms with van der Waals surface area (Å²) in [6, 6.07) is 7.34. The number of aromatic nitrogens is 3. The summed E-state index contributed by atoms with van der Waals surface area (Å²) in [7, 11) is 1.63. The Hall–Kier alpha value is -2.67. The molecular formula is C19H20N4O2S. The van der Waals surface area contributed by atoms with Gasteiger partial charge in [0, 0.05) is 23.1 Å². The molecule has 134 valence electrons. The molecule has 1 atom stereocenters. The fraction of sp³-hybridized carbons (Fsp3) is 0.316. The lowest BCUT2D eigenvalue weighted by Crippen LogP contribution is -2.29. The maximum absolute atomic E-state index is 13.2. The van der Waals surface area contributed by atoms with Crippen LogP contribution in [0, 0.1) is 5.92 Å². The van der Waals surface area contributed by atoms with Crippen LogP contribution in [0.25, 0.3) is 0 Å². The van der Waals surface area contributed by atoms with E-state index in [0.717, 1.165) is 34.0 Å². The monoisotopic (exact) mass is 368 g/mol. The second kappa shape index (κ2) is 6.57. The van der Waals surface area contributed by atoms with E-state index < -0.39 is 0 Å². The standard InChI is InChI=1S/C19H20N4O2S/c1-11(2)8-14-16-17(22-21-14)19(24)23(18(16)15-9-20-10-26-15)12-4-6-13(25-3)7-5-12/h4-7,9-11,18H,8H2,1-3H3,(H,21,22). The van der Waals surface area contributed by atoms with Crippen molar-refractivity contribution in [3.8, 4) is 5.75 Å². The summed E-state index contributed by atoms with van der Waals surface area (Å²) in [5.74, 6) is 1.13. The molecule has 0 saturated heterocycles. The molecule has 0 bridgehead atoms. The number of ether oxygens (including phenoxy) is 1. The quantitative estimate of drug-likeness (QED) is 0.743. The molecule has 3 aromatic rings. The Kier molecular flexibility index (Phi) is 4.24. The van der Waals surface area contributed by atoms with E-state index in [4.69, 9.17) is 4.74 Å². The van der Waals surface area contributed by atoms with Gasteiger partial charge in [0.1, 0.15) is 11.8 Å². The smallest absolute Gasteiger partial charge is 0.280 e. The maximum atomic E-state index is 13.2. The molecule has 1 N–H and O–H groups in total. The van der Waals surface area contributed by atoms with Crippen molar-refractivity contribution in [2.24, 2.45) is 5.92 Å². The zero-order valence-corrected chi connectivity index (χ0v) is 15.7. The summed E-state index contributed by atoms with van der Waals surface area (Å²) in [5, 5.41) is 7.43. The van der Waals surface area contributed by atoms with Crippen molar-refractivity contribution in [3.05, 3.63) is 57.8 Å². The number of H-pyrrole nitrogens is 1. The van der Waals surface area contributed by atoms with E-state index in [9.17, 15) is 4.79 Å². The molecule has 4 rings (SSSR count). The lowest BCUT2D eigenvalue weighted by Gasteiger charge is -2.25. The van der Waals surface area contributed by atoms with Crippen LogP contribution in [0.15, 0.2) is 36.0 Å². The zero-order chi connectivity index (χ0) is 18.3. The minimum absolute atomic E-state index is 0.0881. The average molecular weight is 368 g/mol. The molecule has 0 radical (unpaired) electrons. The fourth-order valence-corrected chi connectivity index (χ4v) is 4.13. The van der Waals surface area contributed by atoms with E-state index in [2.05, 4.69) is 29.0 Å². The fourth-order valence-electron chi connectivity index (χ4n) is 3.41. The SMILES string of the molecule is COc1ccc(N2C(=O)c3n[nH]c(CC(C)C)c3C2c2cncs2)cc1. The van der Waals surface area contributed by atoms with Gasteiger partial charge in [-0.05, 0) is 36.6 Å². The van der Waals surface area contributed by atoms with Crippen molar-refractivity contribution in [3.63, 3.8) is 0 Å². The number of nitrogens with zero attached hydrogens (tertiary/aromatic N) is 3. The minimum Gasteiger partial charge on any atom is -0.497 e. The topological polar surface area (TPSA) is 71.1 Å². The highest BCUT2D eigenvalue weighted by atomic mass is 32.1. The molecule has 7 heteroatoms. The number of anilines is 1. The summed E-state index contributed by atoms with van der Waals surface area (Å²) in [5.41, 5.74) is 5.13. The Morgan fingerprint density at radius 3 is 2.69 bits per heavy atom. The number of carbonyl (C=O) groups excluding carboxylic acids is 1. The van der Waals surface area contributed by atoms with Crippen LogP contribution >= 0.6 is 11.3 Å². The highest BCUT2D eigenvalue weighted by Crippen LogP contribution is 2.44. The van der Waals surface area contributed by atoms with Gasteiger partial charge in [-0.1, -0.05) is 13.8 Å². The van der Waals surface area contributed by atoms with Gasteiger partial charge in [-0.2, -0.15) is 5.10 Å². The molecule has 1 unspecified atom stereocenters. The van der Waals surface area contributed by atoms with Crippen molar-refractivity contribution in [1.82, 2.24) is 15.2 Å². The van der Waals surface area contributed by atoms with Gasteiger partial charge in [-0.3, -0.25) is 19.8 Å². The third-order valence-electron chi connectivity index (χ3n) is 4.52. The number of aromatic amines is 1. The summed E-state index contributed by atoms with van der Waals surface area (Å²) in [4.78, 5) is 20.2. The first kappa shape index (κ1) is 16.8. The van der Waals surface area contributed by atoms with Crippen molar-refractivity contribution >= 4 is 22.9 Å². The van der Waals surface area contributed by atoms with Crippen LogP contribution in [0.1, 0.15) is 46.5 Å². The van der Waals surface area contributed by atoms with Crippen molar-refractivity contribution in [2.45, 2.75) is 26.3 Å². The number of methoxy groups -OCH3 is 1. The van der Waals surface area contributed by atoms with Gasteiger partial charge in [0.15, 0.2) is 5.69 Å². The molecule has 26 heavy (non-hydrogen) atoms.